The maximum Gasteiger partial charge on any atom is 0.0338 e. The Bertz CT molecular complexity index is 422. The van der Waals surface area contributed by atoms with Gasteiger partial charge in [-0.2, -0.15) is 11.3 Å². The summed E-state index contributed by atoms with van der Waals surface area (Å²) in [4.78, 5) is 2.83. The van der Waals surface area contributed by atoms with Crippen LogP contribution >= 0.6 is 11.3 Å². The molecule has 1 spiro atoms. The Morgan fingerprint density at radius 2 is 2.19 bits per heavy atom. The summed E-state index contributed by atoms with van der Waals surface area (Å²) in [5.74, 6) is 0.774. The first-order chi connectivity index (χ1) is 10.2. The van der Waals surface area contributed by atoms with Gasteiger partial charge in [-0.15, -0.1) is 0 Å². The summed E-state index contributed by atoms with van der Waals surface area (Å²) in [6.45, 7) is 8.30. The molecule has 1 saturated heterocycles. The van der Waals surface area contributed by atoms with Gasteiger partial charge in [0.1, 0.15) is 0 Å². The van der Waals surface area contributed by atoms with E-state index in [1.54, 1.807) is 0 Å². The fraction of sp³-hybridized carbons (Fsp3) is 0.778. The summed E-state index contributed by atoms with van der Waals surface area (Å²) in [6.07, 6.45) is 8.31. The van der Waals surface area contributed by atoms with Crippen molar-refractivity contribution in [3.63, 3.8) is 0 Å². The van der Waals surface area contributed by atoms with Crippen LogP contribution in [0.15, 0.2) is 16.8 Å². The van der Waals surface area contributed by atoms with Crippen LogP contribution in [0.2, 0.25) is 0 Å². The normalized spacial score (nSPS) is 27.8. The highest BCUT2D eigenvalue weighted by atomic mass is 32.1. The number of nitrogens with zero attached hydrogens (tertiary/aromatic N) is 1. The summed E-state index contributed by atoms with van der Waals surface area (Å²) in [7, 11) is 0. The molecule has 2 atom stereocenters. The molecule has 118 valence electrons. The second kappa shape index (κ2) is 6.80. The summed E-state index contributed by atoms with van der Waals surface area (Å²) in [5, 5.41) is 8.45. The number of rotatable bonds is 4. The molecule has 1 N–H and O–H groups in total. The topological polar surface area (TPSA) is 15.3 Å². The van der Waals surface area contributed by atoms with E-state index in [9.17, 15) is 0 Å². The zero-order valence-corrected chi connectivity index (χ0v) is 14.4. The summed E-state index contributed by atoms with van der Waals surface area (Å²) in [5.41, 5.74) is 1.94. The van der Waals surface area contributed by atoms with Crippen molar-refractivity contribution >= 4 is 11.3 Å². The molecule has 2 fully saturated rings. The van der Waals surface area contributed by atoms with Gasteiger partial charge in [-0.25, -0.2) is 0 Å². The molecular weight excluding hydrogens is 276 g/mol. The van der Waals surface area contributed by atoms with E-state index in [2.05, 4.69) is 40.9 Å². The molecule has 0 bridgehead atoms. The van der Waals surface area contributed by atoms with Crippen LogP contribution in [0, 0.1) is 5.92 Å². The smallest absolute Gasteiger partial charge is 0.0338 e. The van der Waals surface area contributed by atoms with E-state index >= 15 is 0 Å². The molecule has 2 heterocycles. The van der Waals surface area contributed by atoms with E-state index in [4.69, 9.17) is 0 Å². The van der Waals surface area contributed by atoms with Gasteiger partial charge in [0.2, 0.25) is 0 Å². The van der Waals surface area contributed by atoms with Gasteiger partial charge in [0.25, 0.3) is 0 Å². The predicted molar refractivity (Wildman–Crippen MR) is 91.8 cm³/mol. The zero-order chi connectivity index (χ0) is 14.7. The second-order valence-electron chi connectivity index (χ2n) is 7.17. The van der Waals surface area contributed by atoms with Crippen molar-refractivity contribution in [2.24, 2.45) is 5.92 Å². The van der Waals surface area contributed by atoms with Gasteiger partial charge in [-0.1, -0.05) is 39.5 Å². The molecule has 1 aromatic rings. The molecule has 2 aliphatic rings. The molecule has 2 unspecified atom stereocenters. The lowest BCUT2D eigenvalue weighted by Crippen LogP contribution is -2.65. The molecule has 1 saturated carbocycles. The van der Waals surface area contributed by atoms with Gasteiger partial charge < -0.3 is 5.32 Å². The highest BCUT2D eigenvalue weighted by Gasteiger charge is 2.42. The minimum atomic E-state index is 0.435. The Morgan fingerprint density at radius 3 is 2.86 bits per heavy atom. The van der Waals surface area contributed by atoms with Crippen molar-refractivity contribution in [1.82, 2.24) is 10.2 Å². The molecule has 0 amide bonds. The van der Waals surface area contributed by atoms with Gasteiger partial charge >= 0.3 is 0 Å². The van der Waals surface area contributed by atoms with E-state index in [1.165, 1.54) is 57.2 Å². The molecule has 1 aliphatic carbocycles. The van der Waals surface area contributed by atoms with Crippen LogP contribution in [0.25, 0.3) is 0 Å². The van der Waals surface area contributed by atoms with Crippen molar-refractivity contribution < 1.29 is 0 Å². The molecule has 3 heteroatoms. The Kier molecular flexibility index (Phi) is 5.03. The lowest BCUT2D eigenvalue weighted by molar-refractivity contribution is -0.00577. The lowest BCUT2D eigenvalue weighted by Gasteiger charge is -2.53. The fourth-order valence-corrected chi connectivity index (χ4v) is 4.79. The third kappa shape index (κ3) is 3.35. The van der Waals surface area contributed by atoms with E-state index in [0.717, 1.165) is 12.5 Å². The summed E-state index contributed by atoms with van der Waals surface area (Å²) in [6, 6.07) is 2.97. The van der Waals surface area contributed by atoms with Crippen molar-refractivity contribution in [2.45, 2.75) is 70.5 Å². The largest absolute Gasteiger partial charge is 0.311 e. The molecular formula is C18H30N2S. The SMILES string of the molecule is CCC(C)C1CN(Cc2ccsc2)C2(CCCCC2)CN1. The van der Waals surface area contributed by atoms with Crippen molar-refractivity contribution in [3.8, 4) is 0 Å². The summed E-state index contributed by atoms with van der Waals surface area (Å²) >= 11 is 1.83. The Labute approximate surface area is 133 Å². The second-order valence-corrected chi connectivity index (χ2v) is 7.95. The van der Waals surface area contributed by atoms with Gasteiger partial charge in [0.05, 0.1) is 0 Å². The minimum Gasteiger partial charge on any atom is -0.311 e. The zero-order valence-electron chi connectivity index (χ0n) is 13.6. The maximum atomic E-state index is 3.90. The minimum absolute atomic E-state index is 0.435. The molecule has 0 radical (unpaired) electrons. The lowest BCUT2D eigenvalue weighted by atomic mass is 9.77. The predicted octanol–water partition coefficient (Wildman–Crippen LogP) is 4.27. The highest BCUT2D eigenvalue weighted by Crippen LogP contribution is 2.37. The molecule has 1 aromatic heterocycles. The third-order valence-electron chi connectivity index (χ3n) is 5.85. The average Bonchev–Trinajstić information content (AvgIpc) is 3.03. The van der Waals surface area contributed by atoms with Crippen molar-refractivity contribution in [2.75, 3.05) is 13.1 Å². The van der Waals surface area contributed by atoms with Crippen LogP contribution in [-0.2, 0) is 6.54 Å². The standard InChI is InChI=1S/C18H30N2S/c1-3-15(2)17-12-20(11-16-7-10-21-13-16)18(14-19-17)8-5-4-6-9-18/h7,10,13,15,17,19H,3-6,8-9,11-12,14H2,1-2H3. The molecule has 2 nitrogen and oxygen atoms in total. The number of hydrogen-bond donors (Lipinski definition) is 1. The fourth-order valence-electron chi connectivity index (χ4n) is 4.13. The van der Waals surface area contributed by atoms with Crippen LogP contribution in [-0.4, -0.2) is 29.6 Å². The molecule has 0 aromatic carbocycles. The van der Waals surface area contributed by atoms with E-state index < -0.39 is 0 Å². The monoisotopic (exact) mass is 306 g/mol. The first-order valence-electron chi connectivity index (χ1n) is 8.73. The van der Waals surface area contributed by atoms with Crippen molar-refractivity contribution in [3.05, 3.63) is 22.4 Å². The van der Waals surface area contributed by atoms with Crippen LogP contribution in [0.3, 0.4) is 0 Å². The first kappa shape index (κ1) is 15.5. The first-order valence-corrected chi connectivity index (χ1v) is 9.67. The van der Waals surface area contributed by atoms with Gasteiger partial charge in [0.15, 0.2) is 0 Å². The van der Waals surface area contributed by atoms with Crippen LogP contribution in [0.5, 0.6) is 0 Å². The highest BCUT2D eigenvalue weighted by molar-refractivity contribution is 7.07. The Hall–Kier alpha value is -0.380. The van der Waals surface area contributed by atoms with Crippen LogP contribution in [0.4, 0.5) is 0 Å². The Balaban J connectivity index is 1.76. The average molecular weight is 307 g/mol. The van der Waals surface area contributed by atoms with E-state index in [1.807, 2.05) is 11.3 Å². The van der Waals surface area contributed by atoms with Crippen LogP contribution < -0.4 is 5.32 Å². The van der Waals surface area contributed by atoms with E-state index in [-0.39, 0.29) is 0 Å². The number of hydrogen-bond acceptors (Lipinski definition) is 3. The molecule has 1 aliphatic heterocycles. The molecule has 21 heavy (non-hydrogen) atoms. The quantitative estimate of drug-likeness (QED) is 0.893. The Morgan fingerprint density at radius 1 is 1.38 bits per heavy atom. The van der Waals surface area contributed by atoms with Gasteiger partial charge in [-0.05, 0) is 41.1 Å². The third-order valence-corrected chi connectivity index (χ3v) is 6.58. The van der Waals surface area contributed by atoms with Gasteiger partial charge in [-0.3, -0.25) is 4.90 Å². The maximum absolute atomic E-state index is 3.90. The van der Waals surface area contributed by atoms with Crippen LogP contribution in [0.1, 0.15) is 57.9 Å². The van der Waals surface area contributed by atoms with Crippen molar-refractivity contribution in [1.29, 1.82) is 0 Å². The number of thiophene rings is 1. The summed E-state index contributed by atoms with van der Waals surface area (Å²) < 4.78 is 0. The van der Waals surface area contributed by atoms with Gasteiger partial charge in [0, 0.05) is 31.2 Å². The number of piperazine rings is 1. The van der Waals surface area contributed by atoms with E-state index in [0.29, 0.717) is 11.6 Å². The molecule has 3 rings (SSSR count). The number of nitrogens with one attached hydrogen (secondary N) is 1.